The van der Waals surface area contributed by atoms with Crippen LogP contribution in [0.3, 0.4) is 0 Å². The Morgan fingerprint density at radius 2 is 1.00 bits per heavy atom. The molecule has 6 heteroatoms. The van der Waals surface area contributed by atoms with Gasteiger partial charge in [0, 0.05) is 71.0 Å². The van der Waals surface area contributed by atoms with Gasteiger partial charge in [0.2, 0.25) is 0 Å². The highest BCUT2D eigenvalue weighted by Crippen LogP contribution is 2.58. The van der Waals surface area contributed by atoms with Crippen LogP contribution in [-0.2, 0) is 0 Å². The Hall–Kier alpha value is -1.80. The zero-order chi connectivity index (χ0) is 20.3. The van der Waals surface area contributed by atoms with Gasteiger partial charge in [-0.1, -0.05) is 0 Å². The lowest BCUT2D eigenvalue weighted by atomic mass is 9.87. The van der Waals surface area contributed by atoms with Gasteiger partial charge < -0.3 is 10.2 Å². The van der Waals surface area contributed by atoms with Gasteiger partial charge in [-0.25, -0.2) is 0 Å². The van der Waals surface area contributed by atoms with Crippen LogP contribution < -0.4 is 0 Å². The molecule has 0 radical (unpaired) electrons. The second-order valence-electron chi connectivity index (χ2n) is 7.99. The number of rotatable bonds is 0. The normalized spacial score (nSPS) is 18.7. The predicted octanol–water partition coefficient (Wildman–Crippen LogP) is 7.91. The molecule has 1 aliphatic rings. The van der Waals surface area contributed by atoms with E-state index in [-0.39, 0.29) is 0 Å². The Bertz CT molecular complexity index is 1530. The van der Waals surface area contributed by atoms with Crippen molar-refractivity contribution in [1.29, 1.82) is 0 Å². The van der Waals surface area contributed by atoms with Gasteiger partial charge in [0.25, 0.3) is 0 Å². The van der Waals surface area contributed by atoms with Gasteiger partial charge in [-0.15, -0.1) is 45.3 Å². The van der Waals surface area contributed by atoms with E-state index in [1.54, 1.807) is 22.7 Å². The van der Waals surface area contributed by atoms with E-state index in [4.69, 9.17) is 0 Å². The fourth-order valence-corrected chi connectivity index (χ4v) is 9.26. The molecule has 2 nitrogen and oxygen atoms in total. The van der Waals surface area contributed by atoms with Gasteiger partial charge in [0.15, 0.2) is 0 Å². The van der Waals surface area contributed by atoms with Crippen LogP contribution in [0, 0.1) is 13.8 Å². The van der Waals surface area contributed by atoms with Crippen molar-refractivity contribution in [2.24, 2.45) is 0 Å². The molecule has 0 saturated heterocycles. The summed E-state index contributed by atoms with van der Waals surface area (Å²) >= 11 is 6.87. The summed E-state index contributed by atoms with van der Waals surface area (Å²) in [6, 6.07) is 13.3. The number of aliphatic hydroxyl groups is 2. The van der Waals surface area contributed by atoms with Crippen molar-refractivity contribution in [3.05, 3.63) is 55.9 Å². The van der Waals surface area contributed by atoms with Gasteiger partial charge in [-0.3, -0.25) is 0 Å². The first-order valence-electron chi connectivity index (χ1n) is 9.79. The zero-order valence-corrected chi connectivity index (χ0v) is 19.4. The fourth-order valence-electron chi connectivity index (χ4n) is 4.91. The molecule has 0 saturated carbocycles. The number of benzene rings is 2. The van der Waals surface area contributed by atoms with E-state index >= 15 is 0 Å². The van der Waals surface area contributed by atoms with Crippen molar-refractivity contribution < 1.29 is 10.2 Å². The van der Waals surface area contributed by atoms with E-state index in [1.165, 1.54) is 50.1 Å². The molecule has 2 unspecified atom stereocenters. The summed E-state index contributed by atoms with van der Waals surface area (Å²) in [7, 11) is 0. The molecule has 148 valence electrons. The Kier molecular flexibility index (Phi) is 3.51. The Morgan fingerprint density at radius 3 is 1.43 bits per heavy atom. The second kappa shape index (κ2) is 5.91. The molecular formula is C24H16O2S4. The molecule has 4 aromatic heterocycles. The molecule has 2 aromatic carbocycles. The van der Waals surface area contributed by atoms with Crippen LogP contribution in [0.5, 0.6) is 0 Å². The summed E-state index contributed by atoms with van der Waals surface area (Å²) in [6.07, 6.45) is -1.76. The standard InChI is InChI=1S/C24H16O2S4/c1-9-7-11-13(27-9)3-5-15-17(11)19-20-18-12-8-10(2)28-14(12)4-6-16(18)30-24(20)22(26)21(25)23(19)29-15/h3-8,21-22,25-26H,1-2H3. The van der Waals surface area contributed by atoms with Crippen LogP contribution in [0.4, 0.5) is 0 Å². The lowest BCUT2D eigenvalue weighted by molar-refractivity contribution is 0.0205. The molecule has 30 heavy (non-hydrogen) atoms. The lowest BCUT2D eigenvalue weighted by Gasteiger charge is -2.24. The Balaban J connectivity index is 1.75. The molecule has 0 fully saturated rings. The predicted molar refractivity (Wildman–Crippen MR) is 133 cm³/mol. The monoisotopic (exact) mass is 464 g/mol. The summed E-state index contributed by atoms with van der Waals surface area (Å²) in [5.74, 6) is 0. The maximum atomic E-state index is 11.1. The average molecular weight is 465 g/mol. The summed E-state index contributed by atoms with van der Waals surface area (Å²) in [5, 5.41) is 27.1. The minimum Gasteiger partial charge on any atom is -0.384 e. The van der Waals surface area contributed by atoms with Crippen LogP contribution in [0.15, 0.2) is 36.4 Å². The quantitative estimate of drug-likeness (QED) is 0.240. The van der Waals surface area contributed by atoms with Crippen LogP contribution in [0.2, 0.25) is 0 Å². The van der Waals surface area contributed by atoms with Gasteiger partial charge in [0.05, 0.1) is 0 Å². The van der Waals surface area contributed by atoms with E-state index in [1.807, 2.05) is 22.7 Å². The van der Waals surface area contributed by atoms with Crippen molar-refractivity contribution in [3.63, 3.8) is 0 Å². The summed E-state index contributed by atoms with van der Waals surface area (Å²) < 4.78 is 4.91. The highest BCUT2D eigenvalue weighted by Gasteiger charge is 2.38. The zero-order valence-electron chi connectivity index (χ0n) is 16.1. The van der Waals surface area contributed by atoms with Crippen molar-refractivity contribution >= 4 is 85.7 Å². The summed E-state index contributed by atoms with van der Waals surface area (Å²) in [5.41, 5.74) is 2.27. The smallest absolute Gasteiger partial charge is 0.120 e. The number of hydrogen-bond donors (Lipinski definition) is 2. The van der Waals surface area contributed by atoms with E-state index in [0.29, 0.717) is 0 Å². The number of fused-ring (bicyclic) bond motifs is 11. The Morgan fingerprint density at radius 1 is 0.600 bits per heavy atom. The second-order valence-corrected chi connectivity index (χ2v) is 12.7. The van der Waals surface area contributed by atoms with Crippen LogP contribution in [0.1, 0.15) is 31.7 Å². The molecule has 4 heterocycles. The highest BCUT2D eigenvalue weighted by atomic mass is 32.1. The summed E-state index contributed by atoms with van der Waals surface area (Å²) in [6.45, 7) is 4.30. The number of aryl methyl sites for hydroxylation is 2. The van der Waals surface area contributed by atoms with E-state index in [2.05, 4.69) is 50.2 Å². The molecule has 0 spiro atoms. The maximum Gasteiger partial charge on any atom is 0.120 e. The first-order chi connectivity index (χ1) is 14.5. The van der Waals surface area contributed by atoms with Crippen LogP contribution >= 0.6 is 45.3 Å². The third-order valence-corrected chi connectivity index (χ3v) is 10.6. The molecule has 2 N–H and O–H groups in total. The van der Waals surface area contributed by atoms with Crippen molar-refractivity contribution in [2.75, 3.05) is 0 Å². The first-order valence-corrected chi connectivity index (χ1v) is 13.1. The maximum absolute atomic E-state index is 11.1. The molecule has 7 rings (SSSR count). The van der Waals surface area contributed by atoms with Crippen LogP contribution in [0.25, 0.3) is 51.5 Å². The molecular weight excluding hydrogens is 449 g/mol. The minimum atomic E-state index is -0.882. The molecule has 0 aliphatic heterocycles. The third kappa shape index (κ3) is 2.14. The number of thiophene rings is 4. The van der Waals surface area contributed by atoms with Gasteiger partial charge in [-0.2, -0.15) is 0 Å². The van der Waals surface area contributed by atoms with Gasteiger partial charge >= 0.3 is 0 Å². The first kappa shape index (κ1) is 17.8. The van der Waals surface area contributed by atoms with Crippen molar-refractivity contribution in [3.8, 4) is 11.1 Å². The molecule has 1 aliphatic carbocycles. The van der Waals surface area contributed by atoms with E-state index < -0.39 is 12.2 Å². The van der Waals surface area contributed by atoms with Crippen molar-refractivity contribution in [1.82, 2.24) is 0 Å². The van der Waals surface area contributed by atoms with Crippen LogP contribution in [-0.4, -0.2) is 10.2 Å². The van der Waals surface area contributed by atoms with Gasteiger partial charge in [-0.05, 0) is 50.2 Å². The SMILES string of the molecule is Cc1cc2c(ccc3sc4c(c32)-c2c(sc3ccc5sc(C)cc5c23)C(O)C4O)s1. The average Bonchev–Trinajstić information content (AvgIpc) is 3.44. The number of aliphatic hydroxyl groups excluding tert-OH is 2. The van der Waals surface area contributed by atoms with E-state index in [0.717, 1.165) is 20.9 Å². The molecule has 2 atom stereocenters. The van der Waals surface area contributed by atoms with Gasteiger partial charge in [0.1, 0.15) is 12.2 Å². The largest absolute Gasteiger partial charge is 0.384 e. The summed E-state index contributed by atoms with van der Waals surface area (Å²) in [4.78, 5) is 4.37. The topological polar surface area (TPSA) is 40.5 Å². The van der Waals surface area contributed by atoms with E-state index in [9.17, 15) is 10.2 Å². The highest BCUT2D eigenvalue weighted by molar-refractivity contribution is 7.23. The van der Waals surface area contributed by atoms with Crippen molar-refractivity contribution in [2.45, 2.75) is 26.1 Å². The minimum absolute atomic E-state index is 0.882. The molecule has 6 aromatic rings. The molecule has 0 amide bonds. The molecule has 0 bridgehead atoms. The number of hydrogen-bond acceptors (Lipinski definition) is 6. The fraction of sp³-hybridized carbons (Fsp3) is 0.167. The third-order valence-electron chi connectivity index (χ3n) is 6.09. The Labute approximate surface area is 188 Å². The lowest BCUT2D eigenvalue weighted by Crippen LogP contribution is -2.13.